The molecule has 0 spiro atoms. The van der Waals surface area contributed by atoms with Gasteiger partial charge in [0.05, 0.1) is 12.1 Å². The van der Waals surface area contributed by atoms with E-state index in [9.17, 15) is 9.18 Å². The fraction of sp³-hybridized carbons (Fsp3) is 0.400. The van der Waals surface area contributed by atoms with Crippen molar-refractivity contribution < 1.29 is 9.18 Å². The molecule has 0 aliphatic rings. The summed E-state index contributed by atoms with van der Waals surface area (Å²) in [6.45, 7) is 1.48. The van der Waals surface area contributed by atoms with Crippen molar-refractivity contribution in [3.8, 4) is 11.8 Å². The second kappa shape index (κ2) is 7.63. The largest absolute Gasteiger partial charge is 0.340 e. The van der Waals surface area contributed by atoms with Crippen LogP contribution in [0.3, 0.4) is 0 Å². The number of carbonyl (C=O) groups is 1. The van der Waals surface area contributed by atoms with Crippen molar-refractivity contribution in [2.24, 2.45) is 5.73 Å². The molecule has 0 atom stereocenters. The summed E-state index contributed by atoms with van der Waals surface area (Å²) in [6.07, 6.45) is 0. The van der Waals surface area contributed by atoms with Gasteiger partial charge in [0.1, 0.15) is 5.82 Å². The highest BCUT2D eigenvalue weighted by Crippen LogP contribution is 2.12. The van der Waals surface area contributed by atoms with Crippen molar-refractivity contribution in [2.75, 3.05) is 40.8 Å². The number of hydrogen-bond acceptors (Lipinski definition) is 3. The Hall–Kier alpha value is -1.90. The molecule has 1 rings (SSSR count). The highest BCUT2D eigenvalue weighted by atomic mass is 19.1. The van der Waals surface area contributed by atoms with Gasteiger partial charge in [0.15, 0.2) is 0 Å². The van der Waals surface area contributed by atoms with Crippen LogP contribution >= 0.6 is 0 Å². The minimum Gasteiger partial charge on any atom is -0.340 e. The van der Waals surface area contributed by atoms with Gasteiger partial charge in [-0.1, -0.05) is 11.8 Å². The van der Waals surface area contributed by atoms with Crippen LogP contribution in [0.25, 0.3) is 0 Å². The van der Waals surface area contributed by atoms with Crippen LogP contribution < -0.4 is 5.73 Å². The van der Waals surface area contributed by atoms with Gasteiger partial charge >= 0.3 is 0 Å². The third-order valence-electron chi connectivity index (χ3n) is 2.76. The second-order valence-electron chi connectivity index (χ2n) is 4.73. The van der Waals surface area contributed by atoms with Gasteiger partial charge in [-0.25, -0.2) is 4.39 Å². The predicted molar refractivity (Wildman–Crippen MR) is 77.8 cm³/mol. The summed E-state index contributed by atoms with van der Waals surface area (Å²) in [7, 11) is 5.49. The van der Waals surface area contributed by atoms with Crippen LogP contribution in [-0.4, -0.2) is 56.5 Å². The zero-order chi connectivity index (χ0) is 15.1. The second-order valence-corrected chi connectivity index (χ2v) is 4.73. The molecule has 0 radical (unpaired) electrons. The first-order valence-electron chi connectivity index (χ1n) is 6.34. The average Bonchev–Trinajstić information content (AvgIpc) is 2.43. The van der Waals surface area contributed by atoms with Gasteiger partial charge in [0.25, 0.3) is 5.91 Å². The molecule has 5 heteroatoms. The summed E-state index contributed by atoms with van der Waals surface area (Å²) in [4.78, 5) is 15.7. The van der Waals surface area contributed by atoms with E-state index in [0.717, 1.165) is 6.54 Å². The molecule has 0 fully saturated rings. The number of amides is 1. The van der Waals surface area contributed by atoms with E-state index in [2.05, 4.69) is 11.8 Å². The maximum absolute atomic E-state index is 13.8. The summed E-state index contributed by atoms with van der Waals surface area (Å²) < 4.78 is 13.8. The van der Waals surface area contributed by atoms with Crippen molar-refractivity contribution in [3.05, 3.63) is 35.1 Å². The lowest BCUT2D eigenvalue weighted by molar-refractivity contribution is 0.0781. The quantitative estimate of drug-likeness (QED) is 0.827. The highest BCUT2D eigenvalue weighted by Gasteiger charge is 2.16. The van der Waals surface area contributed by atoms with Crippen LogP contribution in [0.2, 0.25) is 0 Å². The predicted octanol–water partition coefficient (Wildman–Crippen LogP) is 0.769. The number of likely N-dealkylation sites (N-methyl/N-ethyl adjacent to an activating group) is 2. The third-order valence-corrected chi connectivity index (χ3v) is 2.76. The van der Waals surface area contributed by atoms with E-state index in [1.165, 1.54) is 23.1 Å². The van der Waals surface area contributed by atoms with Gasteiger partial charge in [-0.3, -0.25) is 4.79 Å². The van der Waals surface area contributed by atoms with Crippen LogP contribution in [0.1, 0.15) is 15.9 Å². The van der Waals surface area contributed by atoms with E-state index >= 15 is 0 Å². The van der Waals surface area contributed by atoms with Crippen LogP contribution in [0.5, 0.6) is 0 Å². The first kappa shape index (κ1) is 16.2. The monoisotopic (exact) mass is 277 g/mol. The Morgan fingerprint density at radius 3 is 2.60 bits per heavy atom. The van der Waals surface area contributed by atoms with Crippen molar-refractivity contribution in [2.45, 2.75) is 0 Å². The van der Waals surface area contributed by atoms with Gasteiger partial charge in [-0.15, -0.1) is 0 Å². The summed E-state index contributed by atoms with van der Waals surface area (Å²) >= 11 is 0. The van der Waals surface area contributed by atoms with Gasteiger partial charge in [0, 0.05) is 25.7 Å². The number of halogens is 1. The normalized spacial score (nSPS) is 10.1. The van der Waals surface area contributed by atoms with Crippen molar-refractivity contribution in [1.29, 1.82) is 0 Å². The Morgan fingerprint density at radius 2 is 2.00 bits per heavy atom. The number of benzene rings is 1. The van der Waals surface area contributed by atoms with E-state index in [4.69, 9.17) is 5.73 Å². The minimum atomic E-state index is -0.537. The SMILES string of the molecule is CN(C)CCN(C)C(=O)c1cc(C#CCN)ccc1F. The van der Waals surface area contributed by atoms with Crippen LogP contribution in [-0.2, 0) is 0 Å². The van der Waals surface area contributed by atoms with Crippen LogP contribution in [0.4, 0.5) is 4.39 Å². The minimum absolute atomic E-state index is 0.0371. The summed E-state index contributed by atoms with van der Waals surface area (Å²) in [5, 5.41) is 0. The molecule has 108 valence electrons. The molecular formula is C15H20FN3O. The third kappa shape index (κ3) is 4.65. The maximum atomic E-state index is 13.8. The zero-order valence-electron chi connectivity index (χ0n) is 12.1. The highest BCUT2D eigenvalue weighted by molar-refractivity contribution is 5.94. The Labute approximate surface area is 119 Å². The standard InChI is InChI=1S/C15H20FN3O/c1-18(2)9-10-19(3)15(20)13-11-12(5-4-8-17)6-7-14(13)16/h6-7,11H,8-10,17H2,1-3H3. The molecule has 2 N–H and O–H groups in total. The lowest BCUT2D eigenvalue weighted by Gasteiger charge is -2.20. The molecule has 4 nitrogen and oxygen atoms in total. The van der Waals surface area contributed by atoms with Crippen LogP contribution in [0.15, 0.2) is 18.2 Å². The molecule has 20 heavy (non-hydrogen) atoms. The van der Waals surface area contributed by atoms with Crippen molar-refractivity contribution in [1.82, 2.24) is 9.80 Å². The zero-order valence-corrected chi connectivity index (χ0v) is 12.1. The summed E-state index contributed by atoms with van der Waals surface area (Å²) in [6, 6.07) is 4.26. The molecule has 0 saturated heterocycles. The van der Waals surface area contributed by atoms with E-state index in [1.54, 1.807) is 7.05 Å². The Balaban J connectivity index is 2.91. The fourth-order valence-electron chi connectivity index (χ4n) is 1.58. The lowest BCUT2D eigenvalue weighted by atomic mass is 10.1. The molecule has 0 unspecified atom stereocenters. The van der Waals surface area contributed by atoms with Crippen molar-refractivity contribution >= 4 is 5.91 Å². The maximum Gasteiger partial charge on any atom is 0.256 e. The molecular weight excluding hydrogens is 257 g/mol. The fourth-order valence-corrected chi connectivity index (χ4v) is 1.58. The summed E-state index contributed by atoms with van der Waals surface area (Å²) in [5.74, 6) is 4.59. The van der Waals surface area contributed by atoms with E-state index in [-0.39, 0.29) is 18.0 Å². The van der Waals surface area contributed by atoms with Gasteiger partial charge < -0.3 is 15.5 Å². The molecule has 0 bridgehead atoms. The van der Waals surface area contributed by atoms with Gasteiger partial charge in [0.2, 0.25) is 0 Å². The molecule has 1 aromatic carbocycles. The smallest absolute Gasteiger partial charge is 0.256 e. The molecule has 0 aliphatic carbocycles. The molecule has 0 aromatic heterocycles. The number of nitrogens with zero attached hydrogens (tertiary/aromatic N) is 2. The van der Waals surface area contributed by atoms with E-state index < -0.39 is 5.82 Å². The topological polar surface area (TPSA) is 49.6 Å². The van der Waals surface area contributed by atoms with Crippen LogP contribution in [0, 0.1) is 17.7 Å². The number of hydrogen-bond donors (Lipinski definition) is 1. The Morgan fingerprint density at radius 1 is 1.30 bits per heavy atom. The molecule has 1 amide bonds. The number of nitrogens with two attached hydrogens (primary N) is 1. The molecule has 0 saturated carbocycles. The Kier molecular flexibility index (Phi) is 6.16. The van der Waals surface area contributed by atoms with E-state index in [0.29, 0.717) is 12.1 Å². The Bertz CT molecular complexity index is 532. The first-order valence-corrected chi connectivity index (χ1v) is 6.34. The lowest BCUT2D eigenvalue weighted by Crippen LogP contribution is -2.34. The average molecular weight is 277 g/mol. The van der Waals surface area contributed by atoms with Gasteiger partial charge in [-0.05, 0) is 32.3 Å². The van der Waals surface area contributed by atoms with Gasteiger partial charge in [-0.2, -0.15) is 0 Å². The summed E-state index contributed by atoms with van der Waals surface area (Å²) in [5.41, 5.74) is 5.91. The molecule has 1 aromatic rings. The van der Waals surface area contributed by atoms with Crippen molar-refractivity contribution in [3.63, 3.8) is 0 Å². The molecule has 0 aliphatic heterocycles. The molecule has 0 heterocycles. The van der Waals surface area contributed by atoms with E-state index in [1.807, 2.05) is 19.0 Å². The first-order chi connectivity index (χ1) is 9.45. The number of rotatable bonds is 4. The number of carbonyl (C=O) groups excluding carboxylic acids is 1.